The summed E-state index contributed by atoms with van der Waals surface area (Å²) in [5, 5.41) is 0. The highest BCUT2D eigenvalue weighted by atomic mass is 79.9. The van der Waals surface area contributed by atoms with E-state index < -0.39 is 11.8 Å². The summed E-state index contributed by atoms with van der Waals surface area (Å²) in [6.45, 7) is 4.48. The maximum atomic E-state index is 12.2. The number of benzene rings is 2. The van der Waals surface area contributed by atoms with Crippen LogP contribution in [0.2, 0.25) is 0 Å². The van der Waals surface area contributed by atoms with Gasteiger partial charge in [-0.25, -0.2) is 0 Å². The summed E-state index contributed by atoms with van der Waals surface area (Å²) >= 11 is 6.70. The van der Waals surface area contributed by atoms with E-state index in [0.717, 1.165) is 4.47 Å². The Balaban J connectivity index is 1.81. The molecule has 0 unspecified atom stereocenters. The van der Waals surface area contributed by atoms with Gasteiger partial charge in [-0.3, -0.25) is 20.4 Å². The first kappa shape index (κ1) is 21.2. The highest BCUT2D eigenvalue weighted by molar-refractivity contribution is 9.10. The largest absolute Gasteiger partial charge is 0.492 e. The highest BCUT2D eigenvalue weighted by Gasteiger charge is 2.11. The zero-order valence-electron chi connectivity index (χ0n) is 14.9. The van der Waals surface area contributed by atoms with Gasteiger partial charge in [0.25, 0.3) is 11.8 Å². The molecule has 0 aliphatic rings. The fourth-order valence-electron chi connectivity index (χ4n) is 1.93. The van der Waals surface area contributed by atoms with Gasteiger partial charge in [-0.05, 0) is 64.3 Å². The van der Waals surface area contributed by atoms with Crippen LogP contribution in [0.5, 0.6) is 11.5 Å². The molecular weight excluding hydrogens is 480 g/mol. The first-order valence-corrected chi connectivity index (χ1v) is 9.83. The second-order valence-corrected chi connectivity index (χ2v) is 7.86. The highest BCUT2D eigenvalue weighted by Crippen LogP contribution is 2.26. The standard InChI is InChI=1S/C19H20Br2N2O4/c1-12(2)10-27-17-8-3-13(9-16(17)21)19(25)23-22-18(24)11-26-15-6-4-14(20)5-7-15/h3-9,12H,10-11H2,1-2H3,(H,22,24)(H,23,25). The molecule has 2 aromatic carbocycles. The number of nitrogens with one attached hydrogen (secondary N) is 2. The average Bonchev–Trinajstić information content (AvgIpc) is 2.64. The van der Waals surface area contributed by atoms with Gasteiger partial charge in [0.05, 0.1) is 11.1 Å². The lowest BCUT2D eigenvalue weighted by Gasteiger charge is -2.12. The monoisotopic (exact) mass is 498 g/mol. The smallest absolute Gasteiger partial charge is 0.276 e. The summed E-state index contributed by atoms with van der Waals surface area (Å²) in [6, 6.07) is 12.0. The SMILES string of the molecule is CC(C)COc1ccc(C(=O)NNC(=O)COc2ccc(Br)cc2)cc1Br. The lowest BCUT2D eigenvalue weighted by molar-refractivity contribution is -0.123. The van der Waals surface area contributed by atoms with Crippen LogP contribution < -0.4 is 20.3 Å². The van der Waals surface area contributed by atoms with Crippen molar-refractivity contribution in [3.63, 3.8) is 0 Å². The van der Waals surface area contributed by atoms with Gasteiger partial charge in [0.1, 0.15) is 11.5 Å². The lowest BCUT2D eigenvalue weighted by Crippen LogP contribution is -2.43. The van der Waals surface area contributed by atoms with Crippen LogP contribution in [0.25, 0.3) is 0 Å². The van der Waals surface area contributed by atoms with E-state index >= 15 is 0 Å². The fourth-order valence-corrected chi connectivity index (χ4v) is 2.69. The molecule has 144 valence electrons. The molecule has 8 heteroatoms. The maximum absolute atomic E-state index is 12.2. The second kappa shape index (κ2) is 10.3. The van der Waals surface area contributed by atoms with Crippen LogP contribution in [0.4, 0.5) is 0 Å². The van der Waals surface area contributed by atoms with Gasteiger partial charge in [-0.2, -0.15) is 0 Å². The van der Waals surface area contributed by atoms with Gasteiger partial charge in [-0.1, -0.05) is 29.8 Å². The Morgan fingerprint density at radius 2 is 1.70 bits per heavy atom. The van der Waals surface area contributed by atoms with E-state index in [1.807, 2.05) is 0 Å². The third kappa shape index (κ3) is 7.22. The fraction of sp³-hybridized carbons (Fsp3) is 0.263. The molecule has 0 spiro atoms. The molecule has 6 nitrogen and oxygen atoms in total. The van der Waals surface area contributed by atoms with E-state index in [4.69, 9.17) is 9.47 Å². The van der Waals surface area contributed by atoms with Crippen LogP contribution in [0.15, 0.2) is 51.4 Å². The Morgan fingerprint density at radius 3 is 2.33 bits per heavy atom. The topological polar surface area (TPSA) is 76.7 Å². The molecule has 0 heterocycles. The zero-order chi connectivity index (χ0) is 19.8. The minimum atomic E-state index is -0.470. The van der Waals surface area contributed by atoms with Crippen LogP contribution in [0.1, 0.15) is 24.2 Å². The van der Waals surface area contributed by atoms with Gasteiger partial charge >= 0.3 is 0 Å². The van der Waals surface area contributed by atoms with Crippen molar-refractivity contribution in [2.75, 3.05) is 13.2 Å². The predicted octanol–water partition coefficient (Wildman–Crippen LogP) is 4.09. The average molecular weight is 500 g/mol. The Kier molecular flexibility index (Phi) is 8.12. The summed E-state index contributed by atoms with van der Waals surface area (Å²) in [5.74, 6) is 0.702. The van der Waals surface area contributed by atoms with Gasteiger partial charge < -0.3 is 9.47 Å². The van der Waals surface area contributed by atoms with Crippen LogP contribution >= 0.6 is 31.9 Å². The quantitative estimate of drug-likeness (QED) is 0.562. The van der Waals surface area contributed by atoms with Crippen LogP contribution in [-0.2, 0) is 4.79 Å². The van der Waals surface area contributed by atoms with Crippen LogP contribution in [0.3, 0.4) is 0 Å². The van der Waals surface area contributed by atoms with E-state index in [0.29, 0.717) is 34.1 Å². The van der Waals surface area contributed by atoms with Crippen molar-refractivity contribution in [3.8, 4) is 11.5 Å². The van der Waals surface area contributed by atoms with E-state index in [-0.39, 0.29) is 6.61 Å². The first-order chi connectivity index (χ1) is 12.8. The van der Waals surface area contributed by atoms with Gasteiger partial charge in [0.15, 0.2) is 6.61 Å². The normalized spacial score (nSPS) is 10.4. The molecule has 0 saturated carbocycles. The number of carbonyl (C=O) groups excluding carboxylic acids is 2. The van der Waals surface area contributed by atoms with Crippen molar-refractivity contribution in [1.82, 2.24) is 10.9 Å². The molecule has 27 heavy (non-hydrogen) atoms. The molecule has 0 aliphatic carbocycles. The molecule has 0 bridgehead atoms. The molecule has 2 aromatic rings. The zero-order valence-corrected chi connectivity index (χ0v) is 18.1. The van der Waals surface area contributed by atoms with Crippen LogP contribution in [-0.4, -0.2) is 25.0 Å². The molecule has 0 fully saturated rings. The molecule has 0 radical (unpaired) electrons. The van der Waals surface area contributed by atoms with Crippen molar-refractivity contribution in [2.24, 2.45) is 5.92 Å². The van der Waals surface area contributed by atoms with Gasteiger partial charge in [0.2, 0.25) is 0 Å². The molecule has 0 aliphatic heterocycles. The number of ether oxygens (including phenoxy) is 2. The number of hydrogen-bond acceptors (Lipinski definition) is 4. The van der Waals surface area contributed by atoms with Crippen molar-refractivity contribution in [3.05, 3.63) is 57.0 Å². The molecule has 2 N–H and O–H groups in total. The maximum Gasteiger partial charge on any atom is 0.276 e. The molecule has 2 rings (SSSR count). The Hall–Kier alpha value is -2.06. The van der Waals surface area contributed by atoms with Crippen molar-refractivity contribution >= 4 is 43.7 Å². The summed E-state index contributed by atoms with van der Waals surface area (Å²) < 4.78 is 12.6. The van der Waals surface area contributed by atoms with Crippen molar-refractivity contribution < 1.29 is 19.1 Å². The van der Waals surface area contributed by atoms with E-state index in [1.54, 1.807) is 42.5 Å². The van der Waals surface area contributed by atoms with E-state index in [9.17, 15) is 9.59 Å². The molecule has 0 aromatic heterocycles. The Morgan fingerprint density at radius 1 is 1.00 bits per heavy atom. The minimum absolute atomic E-state index is 0.215. The minimum Gasteiger partial charge on any atom is -0.492 e. The summed E-state index contributed by atoms with van der Waals surface area (Å²) in [6.07, 6.45) is 0. The Labute approximate surface area is 174 Å². The molecule has 0 saturated heterocycles. The van der Waals surface area contributed by atoms with Crippen molar-refractivity contribution in [2.45, 2.75) is 13.8 Å². The predicted molar refractivity (Wildman–Crippen MR) is 110 cm³/mol. The molecule has 2 amide bonds. The number of carbonyl (C=O) groups is 2. The number of halogens is 2. The third-order valence-corrected chi connectivity index (χ3v) is 4.41. The Bertz CT molecular complexity index is 795. The molecular formula is C19H20Br2N2O4. The number of hydrazine groups is 1. The summed E-state index contributed by atoms with van der Waals surface area (Å²) in [4.78, 5) is 24.0. The first-order valence-electron chi connectivity index (χ1n) is 8.25. The molecule has 0 atom stereocenters. The number of amides is 2. The summed E-state index contributed by atoms with van der Waals surface area (Å²) in [5.41, 5.74) is 5.05. The van der Waals surface area contributed by atoms with Gasteiger partial charge in [-0.15, -0.1) is 0 Å². The summed E-state index contributed by atoms with van der Waals surface area (Å²) in [7, 11) is 0. The van der Waals surface area contributed by atoms with Crippen molar-refractivity contribution in [1.29, 1.82) is 0 Å². The van der Waals surface area contributed by atoms with Gasteiger partial charge in [0, 0.05) is 10.0 Å². The van der Waals surface area contributed by atoms with Crippen LogP contribution in [0, 0.1) is 5.92 Å². The van der Waals surface area contributed by atoms with E-state index in [2.05, 4.69) is 56.6 Å². The lowest BCUT2D eigenvalue weighted by atomic mass is 10.2. The third-order valence-electron chi connectivity index (χ3n) is 3.27. The number of hydrogen-bond donors (Lipinski definition) is 2. The number of rotatable bonds is 7. The second-order valence-electron chi connectivity index (χ2n) is 6.09. The van der Waals surface area contributed by atoms with E-state index in [1.165, 1.54) is 0 Å².